The molecule has 0 aliphatic carbocycles. The molecule has 0 bridgehead atoms. The highest BCUT2D eigenvalue weighted by molar-refractivity contribution is 7.10. The van der Waals surface area contributed by atoms with E-state index in [1.54, 1.807) is 17.5 Å². The van der Waals surface area contributed by atoms with Crippen LogP contribution in [-0.4, -0.2) is 18.2 Å². The minimum absolute atomic E-state index is 0.608. The lowest BCUT2D eigenvalue weighted by Gasteiger charge is -2.03. The first kappa shape index (κ1) is 8.23. The number of methoxy groups -OCH3 is 1. The van der Waals surface area contributed by atoms with E-state index < -0.39 is 12.1 Å². The lowest BCUT2D eigenvalue weighted by atomic mass is 10.3. The van der Waals surface area contributed by atoms with Crippen LogP contribution in [0, 0.1) is 0 Å². The number of carbonyl (C=O) groups is 1. The Balaban J connectivity index is 2.70. The summed E-state index contributed by atoms with van der Waals surface area (Å²) < 4.78 is 4.35. The Morgan fingerprint density at radius 1 is 1.82 bits per heavy atom. The molecule has 1 aromatic rings. The molecule has 4 heteroatoms. The van der Waals surface area contributed by atoms with Gasteiger partial charge in [-0.25, -0.2) is 4.79 Å². The molecule has 0 aromatic carbocycles. The van der Waals surface area contributed by atoms with Crippen LogP contribution < -0.4 is 0 Å². The van der Waals surface area contributed by atoms with Crippen molar-refractivity contribution in [1.82, 2.24) is 0 Å². The predicted octanol–water partition coefficient (Wildman–Crippen LogP) is 0.954. The Hall–Kier alpha value is -0.870. The average Bonchev–Trinajstić information content (AvgIpc) is 2.53. The van der Waals surface area contributed by atoms with Crippen molar-refractivity contribution in [1.29, 1.82) is 0 Å². The number of hydrogen-bond donors (Lipinski definition) is 1. The Bertz CT molecular complexity index is 230. The van der Waals surface area contributed by atoms with Crippen molar-refractivity contribution < 1.29 is 14.6 Å². The van der Waals surface area contributed by atoms with E-state index in [1.807, 2.05) is 0 Å². The molecule has 1 rings (SSSR count). The van der Waals surface area contributed by atoms with Gasteiger partial charge in [-0.2, -0.15) is 0 Å². The molecule has 0 spiro atoms. The van der Waals surface area contributed by atoms with E-state index in [2.05, 4.69) is 4.74 Å². The van der Waals surface area contributed by atoms with E-state index in [4.69, 9.17) is 0 Å². The molecular weight excluding hydrogens is 164 g/mol. The number of carbonyl (C=O) groups excluding carboxylic acids is 1. The van der Waals surface area contributed by atoms with Crippen LogP contribution in [-0.2, 0) is 9.53 Å². The van der Waals surface area contributed by atoms with Crippen LogP contribution in [0.5, 0.6) is 0 Å². The molecule has 0 fully saturated rings. The van der Waals surface area contributed by atoms with Crippen LogP contribution in [0.25, 0.3) is 0 Å². The molecule has 1 unspecified atom stereocenters. The smallest absolute Gasteiger partial charge is 0.340 e. The van der Waals surface area contributed by atoms with Crippen LogP contribution in [0.2, 0.25) is 0 Å². The third-order valence-electron chi connectivity index (χ3n) is 1.24. The van der Waals surface area contributed by atoms with E-state index in [-0.39, 0.29) is 0 Å². The highest BCUT2D eigenvalue weighted by Gasteiger charge is 2.17. The summed E-state index contributed by atoms with van der Waals surface area (Å²) in [5.41, 5.74) is 0. The Morgan fingerprint density at radius 3 is 3.00 bits per heavy atom. The van der Waals surface area contributed by atoms with Gasteiger partial charge in [0.1, 0.15) is 0 Å². The lowest BCUT2D eigenvalue weighted by molar-refractivity contribution is -0.150. The lowest BCUT2D eigenvalue weighted by Crippen LogP contribution is -2.11. The Kier molecular flexibility index (Phi) is 2.62. The maximum Gasteiger partial charge on any atom is 0.340 e. The van der Waals surface area contributed by atoms with E-state index in [0.717, 1.165) is 0 Å². The van der Waals surface area contributed by atoms with Crippen LogP contribution in [0.1, 0.15) is 11.0 Å². The highest BCUT2D eigenvalue weighted by Crippen LogP contribution is 2.19. The summed E-state index contributed by atoms with van der Waals surface area (Å²) in [6.45, 7) is 0. The molecule has 0 saturated carbocycles. The van der Waals surface area contributed by atoms with Gasteiger partial charge < -0.3 is 9.84 Å². The van der Waals surface area contributed by atoms with Gasteiger partial charge in [0.25, 0.3) is 0 Å². The SMILES string of the molecule is COC(=O)C(O)c1cccs1. The fraction of sp³-hybridized carbons (Fsp3) is 0.286. The summed E-state index contributed by atoms with van der Waals surface area (Å²) in [5, 5.41) is 11.0. The second-order valence-corrected chi connectivity index (χ2v) is 2.92. The topological polar surface area (TPSA) is 46.5 Å². The number of ether oxygens (including phenoxy) is 1. The van der Waals surface area contributed by atoms with Crippen molar-refractivity contribution in [2.45, 2.75) is 6.10 Å². The first-order chi connectivity index (χ1) is 5.25. The molecule has 0 aliphatic rings. The van der Waals surface area contributed by atoms with Crippen LogP contribution in [0.3, 0.4) is 0 Å². The maximum absolute atomic E-state index is 10.7. The first-order valence-corrected chi connectivity index (χ1v) is 3.93. The molecule has 0 saturated heterocycles. The monoisotopic (exact) mass is 172 g/mol. The van der Waals surface area contributed by atoms with Gasteiger partial charge in [0.05, 0.1) is 7.11 Å². The van der Waals surface area contributed by atoms with E-state index in [1.165, 1.54) is 18.4 Å². The zero-order valence-corrected chi connectivity index (χ0v) is 6.80. The van der Waals surface area contributed by atoms with Gasteiger partial charge in [0.2, 0.25) is 0 Å². The number of rotatable bonds is 2. The summed E-state index contributed by atoms with van der Waals surface area (Å²) in [7, 11) is 1.25. The van der Waals surface area contributed by atoms with Crippen LogP contribution in [0.4, 0.5) is 0 Å². The summed E-state index contributed by atoms with van der Waals surface area (Å²) in [4.78, 5) is 11.4. The molecule has 1 N–H and O–H groups in total. The van der Waals surface area contributed by atoms with Gasteiger partial charge in [0.15, 0.2) is 6.10 Å². The van der Waals surface area contributed by atoms with Crippen LogP contribution >= 0.6 is 11.3 Å². The summed E-state index contributed by atoms with van der Waals surface area (Å²) in [6.07, 6.45) is -1.12. The number of aliphatic hydroxyl groups is 1. The second kappa shape index (κ2) is 3.50. The second-order valence-electron chi connectivity index (χ2n) is 1.94. The summed E-state index contributed by atoms with van der Waals surface area (Å²) >= 11 is 1.32. The molecule has 3 nitrogen and oxygen atoms in total. The van der Waals surface area contributed by atoms with Crippen molar-refractivity contribution in [3.05, 3.63) is 22.4 Å². The molecule has 1 atom stereocenters. The first-order valence-electron chi connectivity index (χ1n) is 3.05. The Morgan fingerprint density at radius 2 is 2.55 bits per heavy atom. The van der Waals surface area contributed by atoms with Crippen LogP contribution in [0.15, 0.2) is 17.5 Å². The normalized spacial score (nSPS) is 12.5. The molecule has 1 heterocycles. The van der Waals surface area contributed by atoms with Gasteiger partial charge in [-0.3, -0.25) is 0 Å². The third-order valence-corrected chi connectivity index (χ3v) is 2.16. The van der Waals surface area contributed by atoms with Gasteiger partial charge in [0, 0.05) is 4.88 Å². The van der Waals surface area contributed by atoms with Crippen molar-refractivity contribution in [3.63, 3.8) is 0 Å². The third kappa shape index (κ3) is 1.78. The number of hydrogen-bond acceptors (Lipinski definition) is 4. The average molecular weight is 172 g/mol. The Labute approximate surface area is 68.2 Å². The number of aliphatic hydroxyl groups excluding tert-OH is 1. The van der Waals surface area contributed by atoms with Crippen molar-refractivity contribution >= 4 is 17.3 Å². The molecular formula is C7H8O3S. The summed E-state index contributed by atoms with van der Waals surface area (Å²) in [6, 6.07) is 3.46. The van der Waals surface area contributed by atoms with Crippen molar-refractivity contribution in [2.24, 2.45) is 0 Å². The molecule has 0 aliphatic heterocycles. The molecule has 0 radical (unpaired) electrons. The molecule has 11 heavy (non-hydrogen) atoms. The number of esters is 1. The van der Waals surface area contributed by atoms with Crippen molar-refractivity contribution in [2.75, 3.05) is 7.11 Å². The largest absolute Gasteiger partial charge is 0.467 e. The van der Waals surface area contributed by atoms with E-state index in [9.17, 15) is 9.90 Å². The molecule has 60 valence electrons. The van der Waals surface area contributed by atoms with Gasteiger partial charge in [-0.15, -0.1) is 11.3 Å². The predicted molar refractivity (Wildman–Crippen MR) is 41.3 cm³/mol. The highest BCUT2D eigenvalue weighted by atomic mass is 32.1. The molecule has 0 amide bonds. The van der Waals surface area contributed by atoms with Gasteiger partial charge >= 0.3 is 5.97 Å². The number of thiophene rings is 1. The minimum Gasteiger partial charge on any atom is -0.467 e. The fourth-order valence-corrected chi connectivity index (χ4v) is 1.37. The molecule has 1 aromatic heterocycles. The fourth-order valence-electron chi connectivity index (χ4n) is 0.675. The summed E-state index contributed by atoms with van der Waals surface area (Å²) in [5.74, 6) is -0.618. The van der Waals surface area contributed by atoms with E-state index in [0.29, 0.717) is 4.88 Å². The van der Waals surface area contributed by atoms with E-state index >= 15 is 0 Å². The minimum atomic E-state index is -1.12. The zero-order valence-electron chi connectivity index (χ0n) is 5.98. The van der Waals surface area contributed by atoms with Crippen molar-refractivity contribution in [3.8, 4) is 0 Å². The van der Waals surface area contributed by atoms with Gasteiger partial charge in [-0.1, -0.05) is 6.07 Å². The van der Waals surface area contributed by atoms with Gasteiger partial charge in [-0.05, 0) is 11.4 Å². The quantitative estimate of drug-likeness (QED) is 0.676. The standard InChI is InChI=1S/C7H8O3S/c1-10-7(9)6(8)5-3-2-4-11-5/h2-4,6,8H,1H3. The maximum atomic E-state index is 10.7. The zero-order chi connectivity index (χ0) is 8.27.